The van der Waals surface area contributed by atoms with Gasteiger partial charge in [0.25, 0.3) is 6.33 Å². The molecule has 3 aromatic rings. The Hall–Kier alpha value is -2.67. The normalized spacial score (nSPS) is 10.0. The van der Waals surface area contributed by atoms with E-state index in [1.165, 1.54) is 7.11 Å². The Morgan fingerprint density at radius 3 is 2.56 bits per heavy atom. The van der Waals surface area contributed by atoms with Gasteiger partial charge in [-0.15, -0.1) is 0 Å². The first-order valence-corrected chi connectivity index (χ1v) is 7.35. The Balaban J connectivity index is 0.00000225. The van der Waals surface area contributed by atoms with Crippen molar-refractivity contribution in [3.05, 3.63) is 60.7 Å². The highest BCUT2D eigenvalue weighted by molar-refractivity contribution is 5.95. The zero-order valence-corrected chi connectivity index (χ0v) is 15.4. The topological polar surface area (TPSA) is 65.4 Å². The predicted octanol–water partition coefficient (Wildman–Crippen LogP) is -0.467. The predicted molar refractivity (Wildman–Crippen MR) is 86.0 cm³/mol. The zero-order valence-electron chi connectivity index (χ0n) is 13.8. The first-order chi connectivity index (χ1) is 11.7. The highest BCUT2D eigenvalue weighted by Crippen LogP contribution is 2.27. The Labute approximate surface area is 155 Å². The molecular formula is C18H17BrN2O4. The van der Waals surface area contributed by atoms with Crippen LogP contribution in [0.2, 0.25) is 0 Å². The third-order valence-corrected chi connectivity index (χ3v) is 3.57. The molecule has 0 atom stereocenters. The molecule has 0 spiro atoms. The summed E-state index contributed by atoms with van der Waals surface area (Å²) in [4.78, 5) is 16.7. The van der Waals surface area contributed by atoms with Crippen molar-refractivity contribution in [2.75, 3.05) is 14.2 Å². The van der Waals surface area contributed by atoms with Crippen LogP contribution in [-0.2, 0) is 6.54 Å². The summed E-state index contributed by atoms with van der Waals surface area (Å²) in [6, 6.07) is 10.6. The lowest BCUT2D eigenvalue weighted by Gasteiger charge is -2.08. The van der Waals surface area contributed by atoms with Crippen molar-refractivity contribution in [3.8, 4) is 23.0 Å². The van der Waals surface area contributed by atoms with Gasteiger partial charge in [-0.2, -0.15) is 0 Å². The second-order valence-corrected chi connectivity index (χ2v) is 5.09. The molecule has 2 aromatic heterocycles. The van der Waals surface area contributed by atoms with Crippen molar-refractivity contribution in [3.63, 3.8) is 0 Å². The summed E-state index contributed by atoms with van der Waals surface area (Å²) in [7, 11) is 3.10. The highest BCUT2D eigenvalue weighted by Gasteiger charge is 2.15. The van der Waals surface area contributed by atoms with Crippen molar-refractivity contribution in [2.24, 2.45) is 0 Å². The molecule has 0 bridgehead atoms. The molecule has 0 aliphatic carbocycles. The van der Waals surface area contributed by atoms with Gasteiger partial charge in [0.05, 0.1) is 26.7 Å². The van der Waals surface area contributed by atoms with E-state index >= 15 is 0 Å². The SMILES string of the molecule is COc1ccc(C(=O)C[n+]2ccc(-c3ccco3)nc2)cc1OC.[Br-]. The molecule has 1 aromatic carbocycles. The molecule has 0 aliphatic rings. The molecule has 130 valence electrons. The van der Waals surface area contributed by atoms with E-state index in [0.717, 1.165) is 5.69 Å². The van der Waals surface area contributed by atoms with Crippen LogP contribution in [0.5, 0.6) is 11.5 Å². The maximum Gasteiger partial charge on any atom is 0.287 e. The van der Waals surface area contributed by atoms with E-state index in [2.05, 4.69) is 4.98 Å². The molecule has 0 amide bonds. The maximum atomic E-state index is 12.4. The van der Waals surface area contributed by atoms with Crippen LogP contribution in [0.1, 0.15) is 10.4 Å². The van der Waals surface area contributed by atoms with E-state index in [9.17, 15) is 4.79 Å². The van der Waals surface area contributed by atoms with Crippen molar-refractivity contribution < 1.29 is 40.2 Å². The summed E-state index contributed by atoms with van der Waals surface area (Å²) in [6.07, 6.45) is 5.00. The minimum absolute atomic E-state index is 0. The van der Waals surface area contributed by atoms with Gasteiger partial charge in [0.15, 0.2) is 23.8 Å². The third kappa shape index (κ3) is 4.24. The van der Waals surface area contributed by atoms with Gasteiger partial charge in [-0.25, -0.2) is 4.57 Å². The van der Waals surface area contributed by atoms with Crippen LogP contribution in [0.3, 0.4) is 0 Å². The molecule has 3 rings (SSSR count). The number of ether oxygens (including phenoxy) is 2. The summed E-state index contributed by atoms with van der Waals surface area (Å²) < 4.78 is 17.4. The Morgan fingerprint density at radius 2 is 1.96 bits per heavy atom. The summed E-state index contributed by atoms with van der Waals surface area (Å²) in [5, 5.41) is 0. The number of carbonyl (C=O) groups excluding carboxylic acids is 1. The smallest absolute Gasteiger partial charge is 0.287 e. The van der Waals surface area contributed by atoms with Gasteiger partial charge >= 0.3 is 0 Å². The number of benzene rings is 1. The number of aromatic nitrogens is 2. The van der Waals surface area contributed by atoms with E-state index in [-0.39, 0.29) is 29.3 Å². The van der Waals surface area contributed by atoms with Gasteiger partial charge in [0.2, 0.25) is 11.5 Å². The van der Waals surface area contributed by atoms with Crippen LogP contribution in [-0.4, -0.2) is 25.0 Å². The van der Waals surface area contributed by atoms with Crippen molar-refractivity contribution in [1.29, 1.82) is 0 Å². The number of carbonyl (C=O) groups is 1. The van der Waals surface area contributed by atoms with E-state index in [1.807, 2.05) is 6.07 Å². The molecule has 0 N–H and O–H groups in total. The first-order valence-electron chi connectivity index (χ1n) is 7.35. The van der Waals surface area contributed by atoms with Crippen LogP contribution in [0.15, 0.2) is 59.6 Å². The van der Waals surface area contributed by atoms with Crippen molar-refractivity contribution >= 4 is 5.78 Å². The molecule has 2 heterocycles. The second kappa shape index (κ2) is 8.43. The molecule has 0 saturated heterocycles. The quantitative estimate of drug-likeness (QED) is 0.410. The maximum absolute atomic E-state index is 12.4. The van der Waals surface area contributed by atoms with Crippen molar-refractivity contribution in [1.82, 2.24) is 4.98 Å². The minimum Gasteiger partial charge on any atom is -1.00 e. The fourth-order valence-electron chi connectivity index (χ4n) is 2.31. The number of hydrogen-bond donors (Lipinski definition) is 0. The number of nitrogens with zero attached hydrogens (tertiary/aromatic N) is 2. The van der Waals surface area contributed by atoms with Crippen LogP contribution in [0.4, 0.5) is 0 Å². The Kier molecular flexibility index (Phi) is 6.30. The van der Waals surface area contributed by atoms with Crippen LogP contribution in [0, 0.1) is 0 Å². The number of Topliss-reactive ketones (excluding diaryl/α,β-unsaturated/α-hetero) is 1. The number of rotatable bonds is 6. The van der Waals surface area contributed by atoms with E-state index < -0.39 is 0 Å². The Morgan fingerprint density at radius 1 is 1.16 bits per heavy atom. The lowest BCUT2D eigenvalue weighted by molar-refractivity contribution is -0.686. The van der Waals surface area contributed by atoms with E-state index in [0.29, 0.717) is 22.8 Å². The molecule has 6 nitrogen and oxygen atoms in total. The van der Waals surface area contributed by atoms with Gasteiger partial charge in [-0.1, -0.05) is 0 Å². The molecule has 0 unspecified atom stereocenters. The second-order valence-electron chi connectivity index (χ2n) is 5.09. The van der Waals surface area contributed by atoms with E-state index in [4.69, 9.17) is 13.9 Å². The lowest BCUT2D eigenvalue weighted by atomic mass is 10.1. The number of ketones is 1. The molecule has 0 radical (unpaired) electrons. The minimum atomic E-state index is -0.0477. The fourth-order valence-corrected chi connectivity index (χ4v) is 2.31. The number of methoxy groups -OCH3 is 2. The van der Waals surface area contributed by atoms with Crippen LogP contribution in [0.25, 0.3) is 11.5 Å². The number of hydrogen-bond acceptors (Lipinski definition) is 5. The lowest BCUT2D eigenvalue weighted by Crippen LogP contribution is -3.00. The molecular weight excluding hydrogens is 388 g/mol. The number of halogens is 1. The zero-order chi connectivity index (χ0) is 16.9. The molecule has 0 saturated carbocycles. The first kappa shape index (κ1) is 18.7. The highest BCUT2D eigenvalue weighted by atomic mass is 79.9. The summed E-state index contributed by atoms with van der Waals surface area (Å²) in [6.45, 7) is 0.181. The average Bonchev–Trinajstić information content (AvgIpc) is 3.16. The van der Waals surface area contributed by atoms with Crippen molar-refractivity contribution in [2.45, 2.75) is 6.54 Å². The summed E-state index contributed by atoms with van der Waals surface area (Å²) >= 11 is 0. The summed E-state index contributed by atoms with van der Waals surface area (Å²) in [5.41, 5.74) is 1.27. The fraction of sp³-hybridized carbons (Fsp3) is 0.167. The molecule has 0 fully saturated rings. The van der Waals surface area contributed by atoms with E-state index in [1.54, 1.807) is 60.8 Å². The largest absolute Gasteiger partial charge is 1.00 e. The standard InChI is InChI=1S/C18H17N2O4.BrH/c1-22-17-6-5-13(10-18(17)23-2)15(21)11-20-8-7-14(19-12-20)16-4-3-9-24-16;/h3-10,12H,11H2,1-2H3;1H/q+1;/p-1. The van der Waals surface area contributed by atoms with Gasteiger partial charge in [0.1, 0.15) is 0 Å². The molecule has 25 heavy (non-hydrogen) atoms. The van der Waals surface area contributed by atoms with Crippen LogP contribution >= 0.6 is 0 Å². The Bertz CT molecular complexity index is 833. The van der Waals surface area contributed by atoms with Crippen LogP contribution < -0.4 is 31.0 Å². The van der Waals surface area contributed by atoms with Gasteiger partial charge in [-0.05, 0) is 35.3 Å². The molecule has 0 aliphatic heterocycles. The molecule has 7 heteroatoms. The number of furan rings is 1. The van der Waals surface area contributed by atoms with Gasteiger partial charge < -0.3 is 30.9 Å². The third-order valence-electron chi connectivity index (χ3n) is 3.57. The average molecular weight is 405 g/mol. The monoisotopic (exact) mass is 404 g/mol. The van der Waals surface area contributed by atoms with Gasteiger partial charge in [-0.3, -0.25) is 4.79 Å². The summed E-state index contributed by atoms with van der Waals surface area (Å²) in [5.74, 6) is 1.76. The van der Waals surface area contributed by atoms with Gasteiger partial charge in [0, 0.05) is 11.6 Å².